The molecular formula is C34H30IN3O6. The molecule has 44 heavy (non-hydrogen) atoms. The van der Waals surface area contributed by atoms with Crippen LogP contribution < -0.4 is 15.0 Å². The van der Waals surface area contributed by atoms with Crippen LogP contribution in [0.15, 0.2) is 72.3 Å². The number of carbonyl (C=O) groups excluding carboxylic acids is 3. The molecule has 0 aromatic heterocycles. The minimum absolute atomic E-state index is 0.0109. The zero-order chi connectivity index (χ0) is 30.6. The number of hydrogen-bond acceptors (Lipinski definition) is 6. The Balaban J connectivity index is 1.07. The number of nitro benzene ring substituents is 1. The standard InChI is InChI=1S/C34H30IN3O6/c35-29-15-21(3-10-30(29)44-19-20-1-6-27(7-2-20)38(42)43)14-28-31(39)36-33(41)37(32(28)40)26-8-4-25(5-9-26)34-16-22-11-23(17-34)13-24(12-22)18-34/h1-10,14-15,22-24H,11-13,16-19H2,(H,36,39,41)/b28-14+. The van der Waals surface area contributed by atoms with Gasteiger partial charge in [0.25, 0.3) is 17.5 Å². The molecule has 1 heterocycles. The van der Waals surface area contributed by atoms with Gasteiger partial charge in [0.05, 0.1) is 14.2 Å². The summed E-state index contributed by atoms with van der Waals surface area (Å²) in [5.41, 5.74) is 3.19. The summed E-state index contributed by atoms with van der Waals surface area (Å²) in [5.74, 6) is 1.61. The zero-order valence-corrected chi connectivity index (χ0v) is 26.0. The number of nitrogens with zero attached hydrogens (tertiary/aromatic N) is 2. The van der Waals surface area contributed by atoms with Gasteiger partial charge in [-0.15, -0.1) is 0 Å². The Morgan fingerprint density at radius 1 is 0.932 bits per heavy atom. The largest absolute Gasteiger partial charge is 0.488 e. The normalized spacial score (nSPS) is 26.7. The molecule has 1 saturated heterocycles. The van der Waals surface area contributed by atoms with Crippen LogP contribution in [0.5, 0.6) is 5.75 Å². The summed E-state index contributed by atoms with van der Waals surface area (Å²) >= 11 is 2.11. The Labute approximate surface area is 267 Å². The highest BCUT2D eigenvalue weighted by atomic mass is 127. The molecule has 4 amide bonds. The number of anilines is 1. The van der Waals surface area contributed by atoms with Gasteiger partial charge in [-0.1, -0.05) is 18.2 Å². The zero-order valence-electron chi connectivity index (χ0n) is 23.8. The van der Waals surface area contributed by atoms with Gasteiger partial charge < -0.3 is 4.74 Å². The van der Waals surface area contributed by atoms with E-state index in [2.05, 4.69) is 40.0 Å². The van der Waals surface area contributed by atoms with E-state index >= 15 is 0 Å². The summed E-state index contributed by atoms with van der Waals surface area (Å²) < 4.78 is 6.63. The van der Waals surface area contributed by atoms with Crippen LogP contribution in [-0.4, -0.2) is 22.8 Å². The molecule has 10 heteroatoms. The first kappa shape index (κ1) is 28.7. The van der Waals surface area contributed by atoms with Crippen LogP contribution in [0.25, 0.3) is 6.08 Å². The lowest BCUT2D eigenvalue weighted by molar-refractivity contribution is -0.384. The number of carbonyl (C=O) groups is 3. The van der Waals surface area contributed by atoms with Gasteiger partial charge in [0.1, 0.15) is 17.9 Å². The van der Waals surface area contributed by atoms with Gasteiger partial charge in [-0.05, 0) is 143 Å². The fourth-order valence-corrected chi connectivity index (χ4v) is 8.78. The molecule has 0 spiro atoms. The molecule has 4 saturated carbocycles. The summed E-state index contributed by atoms with van der Waals surface area (Å²) in [6.07, 6.45) is 9.23. The maximum absolute atomic E-state index is 13.5. The molecule has 8 rings (SSSR count). The van der Waals surface area contributed by atoms with Gasteiger partial charge >= 0.3 is 6.03 Å². The topological polar surface area (TPSA) is 119 Å². The number of nitro groups is 1. The molecule has 5 aliphatic rings. The SMILES string of the molecule is O=C1NC(=O)N(c2ccc(C34CC5CC(CC(C5)C3)C4)cc2)C(=O)/C1=C/c1ccc(OCc2ccc([N+](=O)[O-])cc2)c(I)c1. The number of benzene rings is 3. The lowest BCUT2D eigenvalue weighted by Gasteiger charge is -2.57. The summed E-state index contributed by atoms with van der Waals surface area (Å²) in [6.45, 7) is 0.216. The number of amides is 4. The highest BCUT2D eigenvalue weighted by Crippen LogP contribution is 2.60. The third-order valence-corrected chi connectivity index (χ3v) is 10.5. The van der Waals surface area contributed by atoms with Gasteiger partial charge in [0.15, 0.2) is 0 Å². The monoisotopic (exact) mass is 703 g/mol. The van der Waals surface area contributed by atoms with Gasteiger partial charge in [0.2, 0.25) is 0 Å². The van der Waals surface area contributed by atoms with Crippen molar-refractivity contribution in [3.63, 3.8) is 0 Å². The fourth-order valence-electron chi connectivity index (χ4n) is 8.09. The summed E-state index contributed by atoms with van der Waals surface area (Å²) in [4.78, 5) is 50.6. The highest BCUT2D eigenvalue weighted by molar-refractivity contribution is 14.1. The number of urea groups is 1. The first-order chi connectivity index (χ1) is 21.2. The molecule has 1 N–H and O–H groups in total. The third kappa shape index (κ3) is 5.29. The molecule has 5 fully saturated rings. The lowest BCUT2D eigenvalue weighted by Crippen LogP contribution is -2.54. The second-order valence-corrected chi connectivity index (χ2v) is 13.8. The minimum Gasteiger partial charge on any atom is -0.488 e. The van der Waals surface area contributed by atoms with Crippen molar-refractivity contribution in [1.29, 1.82) is 0 Å². The molecule has 0 radical (unpaired) electrons. The first-order valence-electron chi connectivity index (χ1n) is 14.9. The molecule has 3 aromatic carbocycles. The number of rotatable bonds is 7. The second-order valence-electron chi connectivity index (χ2n) is 12.6. The van der Waals surface area contributed by atoms with E-state index < -0.39 is 22.8 Å². The maximum Gasteiger partial charge on any atom is 0.335 e. The van der Waals surface area contributed by atoms with Crippen molar-refractivity contribution in [1.82, 2.24) is 5.32 Å². The van der Waals surface area contributed by atoms with E-state index in [0.717, 1.165) is 31.8 Å². The molecule has 0 atom stereocenters. The van der Waals surface area contributed by atoms with Crippen molar-refractivity contribution in [3.8, 4) is 5.75 Å². The van der Waals surface area contributed by atoms with Crippen LogP contribution >= 0.6 is 22.6 Å². The average molecular weight is 704 g/mol. The number of hydrogen-bond donors (Lipinski definition) is 1. The Morgan fingerprint density at radius 3 is 2.16 bits per heavy atom. The average Bonchev–Trinajstić information content (AvgIpc) is 2.98. The maximum atomic E-state index is 13.5. The molecule has 4 aliphatic carbocycles. The molecule has 0 unspecified atom stereocenters. The number of imide groups is 2. The molecule has 224 valence electrons. The van der Waals surface area contributed by atoms with Gasteiger partial charge in [0, 0.05) is 12.1 Å². The van der Waals surface area contributed by atoms with Crippen molar-refractivity contribution in [2.75, 3.05) is 4.90 Å². The van der Waals surface area contributed by atoms with Crippen molar-refractivity contribution < 1.29 is 24.0 Å². The van der Waals surface area contributed by atoms with E-state index in [1.165, 1.54) is 62.3 Å². The predicted octanol–water partition coefficient (Wildman–Crippen LogP) is 6.91. The van der Waals surface area contributed by atoms with Crippen molar-refractivity contribution in [2.24, 2.45) is 17.8 Å². The fraction of sp³-hybridized carbons (Fsp3) is 0.324. The van der Waals surface area contributed by atoms with E-state index in [4.69, 9.17) is 4.74 Å². The van der Waals surface area contributed by atoms with E-state index in [1.807, 2.05) is 12.1 Å². The van der Waals surface area contributed by atoms with E-state index in [0.29, 0.717) is 17.0 Å². The molecule has 9 nitrogen and oxygen atoms in total. The summed E-state index contributed by atoms with van der Waals surface area (Å²) in [6, 6.07) is 18.4. The van der Waals surface area contributed by atoms with Crippen LogP contribution in [0.2, 0.25) is 0 Å². The first-order valence-corrected chi connectivity index (χ1v) is 15.9. The van der Waals surface area contributed by atoms with Crippen molar-refractivity contribution in [2.45, 2.75) is 50.5 Å². The quantitative estimate of drug-likeness (QED) is 0.0940. The summed E-state index contributed by atoms with van der Waals surface area (Å²) in [5, 5.41) is 13.2. The van der Waals surface area contributed by atoms with Crippen LogP contribution in [0.4, 0.5) is 16.2 Å². The van der Waals surface area contributed by atoms with E-state index in [9.17, 15) is 24.5 Å². The number of nitrogens with one attached hydrogen (secondary N) is 1. The summed E-state index contributed by atoms with van der Waals surface area (Å²) in [7, 11) is 0. The Hall–Kier alpha value is -4.06. The highest BCUT2D eigenvalue weighted by Gasteiger charge is 2.51. The lowest BCUT2D eigenvalue weighted by atomic mass is 9.48. The minimum atomic E-state index is -0.760. The van der Waals surface area contributed by atoms with E-state index in [1.54, 1.807) is 30.3 Å². The van der Waals surface area contributed by atoms with Gasteiger partial charge in [-0.3, -0.25) is 25.0 Å². The molecular weight excluding hydrogens is 673 g/mol. The van der Waals surface area contributed by atoms with Crippen LogP contribution in [-0.2, 0) is 21.6 Å². The number of non-ortho nitro benzene ring substituents is 1. The Bertz CT molecular complexity index is 1680. The molecule has 3 aromatic rings. The van der Waals surface area contributed by atoms with E-state index in [-0.39, 0.29) is 23.3 Å². The van der Waals surface area contributed by atoms with Crippen molar-refractivity contribution >= 4 is 57.9 Å². The van der Waals surface area contributed by atoms with Gasteiger partial charge in [-0.25, -0.2) is 9.69 Å². The third-order valence-electron chi connectivity index (χ3n) is 9.69. The van der Waals surface area contributed by atoms with Crippen LogP contribution in [0.1, 0.15) is 55.2 Å². The number of ether oxygens (including phenoxy) is 1. The Morgan fingerprint density at radius 2 is 1.57 bits per heavy atom. The second kappa shape index (κ2) is 11.1. The Kier molecular flexibility index (Phi) is 7.26. The van der Waals surface area contributed by atoms with Crippen molar-refractivity contribution in [3.05, 3.63) is 103 Å². The molecule has 1 aliphatic heterocycles. The van der Waals surface area contributed by atoms with Crippen LogP contribution in [0, 0.1) is 31.4 Å². The smallest absolute Gasteiger partial charge is 0.335 e. The number of halogens is 1. The predicted molar refractivity (Wildman–Crippen MR) is 172 cm³/mol. The van der Waals surface area contributed by atoms with Gasteiger partial charge in [-0.2, -0.15) is 0 Å². The van der Waals surface area contributed by atoms with Crippen LogP contribution in [0.3, 0.4) is 0 Å². The molecule has 4 bridgehead atoms. The number of barbiturate groups is 1.